The zero-order chi connectivity index (χ0) is 19.2. The van der Waals surface area contributed by atoms with Gasteiger partial charge in [-0.2, -0.15) is 0 Å². The summed E-state index contributed by atoms with van der Waals surface area (Å²) in [5.41, 5.74) is 3.74. The number of hydrogen-bond donors (Lipinski definition) is 0. The van der Waals surface area contributed by atoms with Crippen LogP contribution in [0.4, 0.5) is 0 Å². The predicted octanol–water partition coefficient (Wildman–Crippen LogP) is 6.21. The molecule has 28 heavy (non-hydrogen) atoms. The quantitative estimate of drug-likeness (QED) is 0.386. The summed E-state index contributed by atoms with van der Waals surface area (Å²) in [7, 11) is 1.70. The van der Waals surface area contributed by atoms with E-state index in [2.05, 4.69) is 66.7 Å². The van der Waals surface area contributed by atoms with Crippen molar-refractivity contribution in [1.29, 1.82) is 0 Å². The molecule has 4 aromatic rings. The van der Waals surface area contributed by atoms with Gasteiger partial charge in [-0.15, -0.1) is 0 Å². The molecule has 0 N–H and O–H groups in total. The number of fused-ring (bicyclic) bond motifs is 1. The van der Waals surface area contributed by atoms with Crippen molar-refractivity contribution < 1.29 is 9.47 Å². The Morgan fingerprint density at radius 1 is 0.643 bits per heavy atom. The summed E-state index contributed by atoms with van der Waals surface area (Å²) in [5, 5.41) is 2.62. The van der Waals surface area contributed by atoms with Crippen molar-refractivity contribution in [2.75, 3.05) is 7.11 Å². The number of aryl methyl sites for hydroxylation is 2. The fourth-order valence-corrected chi connectivity index (χ4v) is 3.51. The molecule has 0 aromatic heterocycles. The maximum absolute atomic E-state index is 6.02. The summed E-state index contributed by atoms with van der Waals surface area (Å²) < 4.78 is 11.5. The Morgan fingerprint density at radius 2 is 1.39 bits per heavy atom. The maximum Gasteiger partial charge on any atom is 0.123 e. The Hall–Kier alpha value is -3.26. The summed E-state index contributed by atoms with van der Waals surface area (Å²) in [5.74, 6) is 1.68. The zero-order valence-electron chi connectivity index (χ0n) is 16.1. The molecule has 0 fully saturated rings. The molecule has 140 valence electrons. The van der Waals surface area contributed by atoms with Crippen LogP contribution in [0.2, 0.25) is 0 Å². The van der Waals surface area contributed by atoms with Gasteiger partial charge in [0.25, 0.3) is 0 Å². The van der Waals surface area contributed by atoms with Gasteiger partial charge in [0.1, 0.15) is 18.1 Å². The molecular weight excluding hydrogens is 344 g/mol. The number of rotatable bonds is 7. The second-order valence-corrected chi connectivity index (χ2v) is 6.93. The first-order chi connectivity index (χ1) is 13.8. The molecule has 2 heteroatoms. The molecule has 0 aliphatic rings. The molecule has 0 amide bonds. The smallest absolute Gasteiger partial charge is 0.123 e. The van der Waals surface area contributed by atoms with Gasteiger partial charge in [-0.25, -0.2) is 0 Å². The highest BCUT2D eigenvalue weighted by atomic mass is 16.5. The molecular formula is C26H24O2. The summed E-state index contributed by atoms with van der Waals surface area (Å²) in [4.78, 5) is 0. The van der Waals surface area contributed by atoms with E-state index in [0.29, 0.717) is 6.61 Å². The minimum absolute atomic E-state index is 0.552. The van der Waals surface area contributed by atoms with Crippen molar-refractivity contribution in [1.82, 2.24) is 0 Å². The molecule has 4 rings (SSSR count). The minimum Gasteiger partial charge on any atom is -0.497 e. The van der Waals surface area contributed by atoms with Crippen LogP contribution in [0.3, 0.4) is 0 Å². The monoisotopic (exact) mass is 368 g/mol. The predicted molar refractivity (Wildman–Crippen MR) is 115 cm³/mol. The first kappa shape index (κ1) is 18.1. The maximum atomic E-state index is 6.02. The first-order valence-electron chi connectivity index (χ1n) is 9.63. The Kier molecular flexibility index (Phi) is 5.58. The molecule has 0 unspecified atom stereocenters. The highest BCUT2D eigenvalue weighted by Crippen LogP contribution is 2.26. The third-order valence-electron chi connectivity index (χ3n) is 4.99. The summed E-state index contributed by atoms with van der Waals surface area (Å²) in [6.07, 6.45) is 1.92. The molecule has 0 bridgehead atoms. The lowest BCUT2D eigenvalue weighted by atomic mass is 9.98. The van der Waals surface area contributed by atoms with Crippen LogP contribution < -0.4 is 9.47 Å². The van der Waals surface area contributed by atoms with Crippen LogP contribution in [-0.4, -0.2) is 7.11 Å². The van der Waals surface area contributed by atoms with Gasteiger partial charge in [0, 0.05) is 6.07 Å². The number of ether oxygens (including phenoxy) is 2. The van der Waals surface area contributed by atoms with E-state index in [-0.39, 0.29) is 0 Å². The molecule has 0 saturated heterocycles. The largest absolute Gasteiger partial charge is 0.497 e. The van der Waals surface area contributed by atoms with Crippen LogP contribution in [0.15, 0.2) is 91.0 Å². The third kappa shape index (κ3) is 4.34. The third-order valence-corrected chi connectivity index (χ3v) is 4.99. The van der Waals surface area contributed by atoms with E-state index in [1.165, 1.54) is 21.9 Å². The lowest BCUT2D eigenvalue weighted by Gasteiger charge is -2.12. The van der Waals surface area contributed by atoms with E-state index in [1.807, 2.05) is 24.3 Å². The number of benzene rings is 4. The van der Waals surface area contributed by atoms with Gasteiger partial charge in [0.2, 0.25) is 0 Å². The first-order valence-corrected chi connectivity index (χ1v) is 9.63. The van der Waals surface area contributed by atoms with Gasteiger partial charge in [0.05, 0.1) is 7.11 Å². The van der Waals surface area contributed by atoms with E-state index in [0.717, 1.165) is 29.9 Å². The van der Waals surface area contributed by atoms with E-state index in [4.69, 9.17) is 9.47 Å². The van der Waals surface area contributed by atoms with Gasteiger partial charge in [-0.3, -0.25) is 0 Å². The van der Waals surface area contributed by atoms with Gasteiger partial charge in [-0.05, 0) is 52.4 Å². The van der Waals surface area contributed by atoms with Crippen LogP contribution in [0.5, 0.6) is 11.5 Å². The molecule has 0 aliphatic heterocycles. The van der Waals surface area contributed by atoms with Gasteiger partial charge < -0.3 is 9.47 Å². The van der Waals surface area contributed by atoms with Crippen LogP contribution in [0, 0.1) is 0 Å². The average molecular weight is 368 g/mol. The molecule has 0 radical (unpaired) electrons. The standard InChI is InChI=1S/C26H24O2/c1-27-24-16-21(17-25(18-24)28-19-20-8-3-2-4-9-20)14-15-23-12-7-11-22-10-5-6-13-26(22)23/h2-13,16-18H,14-15,19H2,1H3. The van der Waals surface area contributed by atoms with Crippen LogP contribution in [0.1, 0.15) is 16.7 Å². The molecule has 0 atom stereocenters. The molecule has 4 aromatic carbocycles. The highest BCUT2D eigenvalue weighted by Gasteiger charge is 2.06. The van der Waals surface area contributed by atoms with Crippen molar-refractivity contribution >= 4 is 10.8 Å². The number of hydrogen-bond acceptors (Lipinski definition) is 2. The summed E-state index contributed by atoms with van der Waals surface area (Å²) in [6.45, 7) is 0.552. The fourth-order valence-electron chi connectivity index (χ4n) is 3.51. The average Bonchev–Trinajstić information content (AvgIpc) is 2.77. The zero-order valence-corrected chi connectivity index (χ0v) is 16.1. The molecule has 0 heterocycles. The minimum atomic E-state index is 0.552. The Balaban J connectivity index is 1.50. The van der Waals surface area contributed by atoms with E-state index < -0.39 is 0 Å². The lowest BCUT2D eigenvalue weighted by Crippen LogP contribution is -1.98. The van der Waals surface area contributed by atoms with Crippen molar-refractivity contribution in [3.8, 4) is 11.5 Å². The second-order valence-electron chi connectivity index (χ2n) is 6.93. The topological polar surface area (TPSA) is 18.5 Å². The molecule has 0 aliphatic carbocycles. The SMILES string of the molecule is COc1cc(CCc2cccc3ccccc23)cc(OCc2ccccc2)c1. The van der Waals surface area contributed by atoms with Crippen LogP contribution in [-0.2, 0) is 19.4 Å². The Bertz CT molecular complexity index is 1050. The summed E-state index contributed by atoms with van der Waals surface area (Å²) in [6, 6.07) is 31.5. The highest BCUT2D eigenvalue weighted by molar-refractivity contribution is 5.85. The van der Waals surface area contributed by atoms with E-state index in [9.17, 15) is 0 Å². The summed E-state index contributed by atoms with van der Waals surface area (Å²) >= 11 is 0. The second kappa shape index (κ2) is 8.62. The van der Waals surface area contributed by atoms with Crippen LogP contribution in [0.25, 0.3) is 10.8 Å². The van der Waals surface area contributed by atoms with Gasteiger partial charge >= 0.3 is 0 Å². The lowest BCUT2D eigenvalue weighted by molar-refractivity contribution is 0.303. The van der Waals surface area contributed by atoms with E-state index in [1.54, 1.807) is 7.11 Å². The normalized spacial score (nSPS) is 10.8. The van der Waals surface area contributed by atoms with Crippen molar-refractivity contribution in [3.63, 3.8) is 0 Å². The van der Waals surface area contributed by atoms with Gasteiger partial charge in [-0.1, -0.05) is 72.8 Å². The van der Waals surface area contributed by atoms with E-state index >= 15 is 0 Å². The molecule has 2 nitrogen and oxygen atoms in total. The van der Waals surface area contributed by atoms with Crippen molar-refractivity contribution in [3.05, 3.63) is 108 Å². The van der Waals surface area contributed by atoms with Crippen molar-refractivity contribution in [2.24, 2.45) is 0 Å². The Labute approximate surface area is 166 Å². The Morgan fingerprint density at radius 3 is 2.25 bits per heavy atom. The fraction of sp³-hybridized carbons (Fsp3) is 0.154. The van der Waals surface area contributed by atoms with Crippen LogP contribution >= 0.6 is 0 Å². The number of methoxy groups -OCH3 is 1. The molecule has 0 saturated carbocycles. The van der Waals surface area contributed by atoms with Crippen molar-refractivity contribution in [2.45, 2.75) is 19.4 Å². The van der Waals surface area contributed by atoms with Gasteiger partial charge in [0.15, 0.2) is 0 Å². The molecule has 0 spiro atoms.